The van der Waals surface area contributed by atoms with Crippen molar-refractivity contribution in [3.05, 3.63) is 29.8 Å². The van der Waals surface area contributed by atoms with Crippen molar-refractivity contribution in [3.63, 3.8) is 0 Å². The van der Waals surface area contributed by atoms with Gasteiger partial charge >= 0.3 is 0 Å². The quantitative estimate of drug-likeness (QED) is 0.788. The average molecular weight is 379 g/mol. The van der Waals surface area contributed by atoms with Crippen molar-refractivity contribution in [3.8, 4) is 5.75 Å². The van der Waals surface area contributed by atoms with E-state index in [9.17, 15) is 9.59 Å². The molecule has 1 heterocycles. The predicted octanol–water partition coefficient (Wildman–Crippen LogP) is 3.54. The summed E-state index contributed by atoms with van der Waals surface area (Å²) in [4.78, 5) is 27.7. The van der Waals surface area contributed by atoms with Gasteiger partial charge in [0.1, 0.15) is 11.8 Å². The molecular weight excluding hydrogens is 348 g/mol. The van der Waals surface area contributed by atoms with E-state index >= 15 is 0 Å². The van der Waals surface area contributed by atoms with Gasteiger partial charge in [-0.3, -0.25) is 9.59 Å². The lowest BCUT2D eigenvalue weighted by Crippen LogP contribution is -2.51. The van der Waals surface area contributed by atoms with Crippen molar-refractivity contribution >= 4 is 23.6 Å². The fourth-order valence-electron chi connectivity index (χ4n) is 2.95. The Hall–Kier alpha value is -1.69. The van der Waals surface area contributed by atoms with E-state index in [-0.39, 0.29) is 23.2 Å². The molecule has 1 aliphatic rings. The van der Waals surface area contributed by atoms with Crippen LogP contribution >= 0.6 is 11.8 Å². The summed E-state index contributed by atoms with van der Waals surface area (Å²) in [5.41, 5.74) is 0.586. The number of ether oxygens (including phenoxy) is 1. The van der Waals surface area contributed by atoms with Gasteiger partial charge in [-0.25, -0.2) is 0 Å². The van der Waals surface area contributed by atoms with E-state index in [1.54, 1.807) is 48.0 Å². The molecule has 0 spiro atoms. The summed E-state index contributed by atoms with van der Waals surface area (Å²) < 4.78 is 5.17. The first kappa shape index (κ1) is 20.6. The van der Waals surface area contributed by atoms with Gasteiger partial charge in [0.2, 0.25) is 5.91 Å². The number of hydrogen-bond donors (Lipinski definition) is 1. The van der Waals surface area contributed by atoms with Crippen LogP contribution in [0.3, 0.4) is 0 Å². The number of nitrogens with zero attached hydrogens (tertiary/aromatic N) is 1. The number of nitrogens with one attached hydrogen (secondary N) is 1. The average Bonchev–Trinajstić information content (AvgIpc) is 3.03. The monoisotopic (exact) mass is 378 g/mol. The number of carbonyl (C=O) groups excluding carboxylic acids is 2. The molecule has 0 saturated carbocycles. The van der Waals surface area contributed by atoms with E-state index < -0.39 is 6.04 Å². The molecule has 1 N–H and O–H groups in total. The minimum atomic E-state index is -0.424. The molecule has 5 nitrogen and oxygen atoms in total. The highest BCUT2D eigenvalue weighted by molar-refractivity contribution is 8.00. The fourth-order valence-corrected chi connectivity index (χ4v) is 4.59. The molecular formula is C20H30N2O3S. The van der Waals surface area contributed by atoms with Gasteiger partial charge < -0.3 is 15.0 Å². The number of rotatable bonds is 7. The lowest BCUT2D eigenvalue weighted by molar-refractivity contribution is -0.125. The zero-order chi connectivity index (χ0) is 19.3. The molecule has 1 aliphatic heterocycles. The van der Waals surface area contributed by atoms with Crippen molar-refractivity contribution in [1.29, 1.82) is 0 Å². The Kier molecular flexibility index (Phi) is 7.38. The maximum Gasteiger partial charge on any atom is 0.255 e. The van der Waals surface area contributed by atoms with Gasteiger partial charge in [0.25, 0.3) is 5.91 Å². The molecule has 0 bridgehead atoms. The molecule has 6 heteroatoms. The van der Waals surface area contributed by atoms with Gasteiger partial charge in [0.05, 0.1) is 12.5 Å². The van der Waals surface area contributed by atoms with E-state index in [1.807, 2.05) is 13.8 Å². The third kappa shape index (κ3) is 4.93. The van der Waals surface area contributed by atoms with Gasteiger partial charge in [-0.2, -0.15) is 0 Å². The fraction of sp³-hybridized carbons (Fsp3) is 0.600. The Morgan fingerprint density at radius 3 is 2.46 bits per heavy atom. The number of benzene rings is 1. The summed E-state index contributed by atoms with van der Waals surface area (Å²) in [5, 5.41) is 3.06. The molecule has 1 aromatic carbocycles. The molecule has 26 heavy (non-hydrogen) atoms. The van der Waals surface area contributed by atoms with Crippen LogP contribution in [0.5, 0.6) is 5.75 Å². The number of thioether (sulfide) groups is 1. The summed E-state index contributed by atoms with van der Waals surface area (Å²) in [6.07, 6.45) is 1.74. The van der Waals surface area contributed by atoms with Crippen molar-refractivity contribution in [2.45, 2.75) is 58.0 Å². The highest BCUT2D eigenvalue weighted by Crippen LogP contribution is 2.35. The summed E-state index contributed by atoms with van der Waals surface area (Å²) in [6.45, 7) is 8.31. The van der Waals surface area contributed by atoms with E-state index in [0.717, 1.165) is 12.8 Å². The third-order valence-corrected chi connectivity index (χ3v) is 5.95. The Morgan fingerprint density at radius 2 is 1.92 bits per heavy atom. The van der Waals surface area contributed by atoms with Crippen LogP contribution < -0.4 is 10.1 Å². The summed E-state index contributed by atoms with van der Waals surface area (Å²) in [7, 11) is 1.60. The molecule has 1 fully saturated rings. The Labute approximate surface area is 160 Å². The van der Waals surface area contributed by atoms with E-state index in [1.165, 1.54) is 0 Å². The first-order valence-electron chi connectivity index (χ1n) is 9.26. The van der Waals surface area contributed by atoms with Crippen LogP contribution in [-0.4, -0.2) is 47.0 Å². The number of amides is 2. The molecule has 0 radical (unpaired) electrons. The minimum absolute atomic E-state index is 0.0253. The Balaban J connectivity index is 2.25. The molecule has 2 amide bonds. The predicted molar refractivity (Wildman–Crippen MR) is 107 cm³/mol. The smallest absolute Gasteiger partial charge is 0.255 e. The molecule has 3 unspecified atom stereocenters. The maximum atomic E-state index is 13.2. The maximum absolute atomic E-state index is 13.2. The zero-order valence-electron chi connectivity index (χ0n) is 16.3. The van der Waals surface area contributed by atoms with E-state index in [0.29, 0.717) is 23.0 Å². The van der Waals surface area contributed by atoms with Crippen molar-refractivity contribution in [2.75, 3.05) is 12.9 Å². The van der Waals surface area contributed by atoms with Crippen LogP contribution in [0.4, 0.5) is 0 Å². The van der Waals surface area contributed by atoms with Gasteiger partial charge in [-0.1, -0.05) is 20.8 Å². The first-order valence-corrected chi connectivity index (χ1v) is 10.3. The normalized spacial score (nSPS) is 20.9. The Morgan fingerprint density at radius 1 is 1.27 bits per heavy atom. The minimum Gasteiger partial charge on any atom is -0.497 e. The highest BCUT2D eigenvalue weighted by atomic mass is 32.2. The zero-order valence-corrected chi connectivity index (χ0v) is 17.1. The van der Waals surface area contributed by atoms with Crippen LogP contribution in [0.1, 0.15) is 50.9 Å². The van der Waals surface area contributed by atoms with Gasteiger partial charge in [0.15, 0.2) is 0 Å². The van der Waals surface area contributed by atoms with Crippen LogP contribution in [0, 0.1) is 5.92 Å². The second-order valence-electron chi connectivity index (χ2n) is 7.19. The summed E-state index contributed by atoms with van der Waals surface area (Å²) in [6, 6.07) is 6.77. The van der Waals surface area contributed by atoms with E-state index in [2.05, 4.69) is 19.2 Å². The standard InChI is InChI=1S/C20H30N2O3S/c1-6-14(4)21-19(23)17-12-26-18(11-13(2)3)22(17)20(24)15-7-9-16(25-5)10-8-15/h7-10,13-14,17-18H,6,11-12H2,1-5H3,(H,21,23). The molecule has 3 atom stereocenters. The lowest BCUT2D eigenvalue weighted by atomic mass is 10.1. The van der Waals surface area contributed by atoms with Gasteiger partial charge in [-0.15, -0.1) is 11.8 Å². The molecule has 2 rings (SSSR count). The second kappa shape index (κ2) is 9.31. The molecule has 1 aromatic rings. The Bertz CT molecular complexity index is 618. The lowest BCUT2D eigenvalue weighted by Gasteiger charge is -2.30. The largest absolute Gasteiger partial charge is 0.497 e. The van der Waals surface area contributed by atoms with Crippen LogP contribution in [-0.2, 0) is 4.79 Å². The third-order valence-electron chi connectivity index (χ3n) is 4.64. The topological polar surface area (TPSA) is 58.6 Å². The van der Waals surface area contributed by atoms with Crippen LogP contribution in [0.25, 0.3) is 0 Å². The van der Waals surface area contributed by atoms with Crippen LogP contribution in [0.15, 0.2) is 24.3 Å². The highest BCUT2D eigenvalue weighted by Gasteiger charge is 2.42. The SMILES string of the molecule is CCC(C)NC(=O)C1CSC(CC(C)C)N1C(=O)c1ccc(OC)cc1. The molecule has 1 saturated heterocycles. The van der Waals surface area contributed by atoms with Crippen molar-refractivity contribution in [2.24, 2.45) is 5.92 Å². The second-order valence-corrected chi connectivity index (χ2v) is 8.40. The number of hydrogen-bond acceptors (Lipinski definition) is 4. The summed E-state index contributed by atoms with van der Waals surface area (Å²) >= 11 is 1.70. The van der Waals surface area contributed by atoms with Crippen molar-refractivity contribution in [1.82, 2.24) is 10.2 Å². The van der Waals surface area contributed by atoms with Gasteiger partial charge in [-0.05, 0) is 49.9 Å². The molecule has 144 valence electrons. The van der Waals surface area contributed by atoms with E-state index in [4.69, 9.17) is 4.74 Å². The van der Waals surface area contributed by atoms with Crippen LogP contribution in [0.2, 0.25) is 0 Å². The van der Waals surface area contributed by atoms with Crippen molar-refractivity contribution < 1.29 is 14.3 Å². The number of carbonyl (C=O) groups is 2. The molecule has 0 aromatic heterocycles. The summed E-state index contributed by atoms with van der Waals surface area (Å²) in [5.74, 6) is 1.66. The number of methoxy groups -OCH3 is 1. The van der Waals surface area contributed by atoms with Gasteiger partial charge in [0, 0.05) is 17.4 Å². The first-order chi connectivity index (χ1) is 12.4. The molecule has 0 aliphatic carbocycles.